The zero-order chi connectivity index (χ0) is 27.8. The quantitative estimate of drug-likeness (QED) is 0.247. The van der Waals surface area contributed by atoms with Crippen LogP contribution in [0.4, 0.5) is 11.5 Å². The molecular formula is C29H27N5O4S2. The van der Waals surface area contributed by atoms with E-state index >= 15 is 0 Å². The number of piperazine rings is 1. The number of hydrogen-bond acceptors (Lipinski definition) is 9. The number of nitrogens with zero attached hydrogens (tertiary/aromatic N) is 5. The van der Waals surface area contributed by atoms with Crippen LogP contribution in [0, 0.1) is 6.92 Å². The molecule has 11 heteroatoms. The lowest BCUT2D eigenvalue weighted by molar-refractivity contribution is -0.122. The van der Waals surface area contributed by atoms with Gasteiger partial charge in [-0.25, -0.2) is 4.98 Å². The van der Waals surface area contributed by atoms with Crippen molar-refractivity contribution in [3.05, 3.63) is 93.1 Å². The lowest BCUT2D eigenvalue weighted by Crippen LogP contribution is -2.47. The highest BCUT2D eigenvalue weighted by atomic mass is 32.2. The van der Waals surface area contributed by atoms with Crippen LogP contribution in [0.15, 0.2) is 75.1 Å². The Bertz CT molecular complexity index is 1670. The highest BCUT2D eigenvalue weighted by Crippen LogP contribution is 2.35. The van der Waals surface area contributed by atoms with Gasteiger partial charge in [-0.3, -0.25) is 18.9 Å². The number of aromatic nitrogens is 2. The number of carbonyl (C=O) groups is 1. The van der Waals surface area contributed by atoms with Gasteiger partial charge >= 0.3 is 0 Å². The van der Waals surface area contributed by atoms with Crippen LogP contribution in [0.3, 0.4) is 0 Å². The van der Waals surface area contributed by atoms with Crippen molar-refractivity contribution in [1.82, 2.24) is 14.3 Å². The largest absolute Gasteiger partial charge is 0.497 e. The molecule has 6 rings (SSSR count). The number of fused-ring (bicyclic) bond motifs is 1. The highest BCUT2D eigenvalue weighted by Gasteiger charge is 2.34. The van der Waals surface area contributed by atoms with Gasteiger partial charge in [0, 0.05) is 38.1 Å². The van der Waals surface area contributed by atoms with Gasteiger partial charge in [-0.2, -0.15) is 0 Å². The van der Waals surface area contributed by atoms with E-state index < -0.39 is 0 Å². The molecule has 3 aromatic heterocycles. The van der Waals surface area contributed by atoms with Crippen LogP contribution < -0.4 is 20.1 Å². The molecule has 40 heavy (non-hydrogen) atoms. The third kappa shape index (κ3) is 4.98. The van der Waals surface area contributed by atoms with E-state index in [-0.39, 0.29) is 18.0 Å². The lowest BCUT2D eigenvalue weighted by atomic mass is 10.2. The zero-order valence-electron chi connectivity index (χ0n) is 22.1. The summed E-state index contributed by atoms with van der Waals surface area (Å²) in [4.78, 5) is 38.4. The van der Waals surface area contributed by atoms with Gasteiger partial charge in [-0.05, 0) is 61.0 Å². The van der Waals surface area contributed by atoms with Crippen molar-refractivity contribution in [3.63, 3.8) is 0 Å². The predicted octanol–water partition coefficient (Wildman–Crippen LogP) is 4.33. The smallest absolute Gasteiger partial charge is 0.267 e. The Labute approximate surface area is 240 Å². The molecule has 0 unspecified atom stereocenters. The molecule has 4 aromatic rings. The van der Waals surface area contributed by atoms with Crippen molar-refractivity contribution >= 4 is 57.4 Å². The Morgan fingerprint density at radius 2 is 1.80 bits per heavy atom. The standard InChI is InChI=1S/C29H27N5O4S2/c1-19-5-10-25-30-26(32-13-11-31(12-14-32)20-6-8-21(37-2)9-7-20)23(27(35)33(25)17-19)16-24-28(36)34(29(39)40-24)18-22-4-3-15-38-22/h3-10,15-17H,11-14,18H2,1-2H3. The van der Waals surface area contributed by atoms with E-state index in [1.165, 1.54) is 16.7 Å². The number of hydrogen-bond donors (Lipinski definition) is 0. The second-order valence-corrected chi connectivity index (χ2v) is 11.3. The number of benzene rings is 1. The van der Waals surface area contributed by atoms with Gasteiger partial charge in [0.1, 0.15) is 27.3 Å². The van der Waals surface area contributed by atoms with Crippen molar-refractivity contribution in [2.45, 2.75) is 13.5 Å². The molecule has 5 heterocycles. The van der Waals surface area contributed by atoms with Crippen molar-refractivity contribution in [3.8, 4) is 5.75 Å². The first-order valence-corrected chi connectivity index (χ1v) is 14.1. The van der Waals surface area contributed by atoms with Gasteiger partial charge in [0.15, 0.2) is 0 Å². The number of thiocarbonyl (C=S) groups is 1. The Kier molecular flexibility index (Phi) is 7.07. The maximum atomic E-state index is 13.9. The molecule has 0 aliphatic carbocycles. The Hall–Kier alpha value is -4.09. The summed E-state index contributed by atoms with van der Waals surface area (Å²) in [6, 6.07) is 15.4. The molecule has 0 bridgehead atoms. The summed E-state index contributed by atoms with van der Waals surface area (Å²) in [6.07, 6.45) is 4.99. The molecule has 0 atom stereocenters. The van der Waals surface area contributed by atoms with Crippen molar-refractivity contribution in [2.24, 2.45) is 0 Å². The lowest BCUT2D eigenvalue weighted by Gasteiger charge is -2.37. The summed E-state index contributed by atoms with van der Waals surface area (Å²) in [6.45, 7) is 5.01. The number of methoxy groups -OCH3 is 1. The van der Waals surface area contributed by atoms with Crippen LogP contribution in [0.5, 0.6) is 5.75 Å². The molecule has 0 N–H and O–H groups in total. The zero-order valence-corrected chi connectivity index (χ0v) is 23.7. The molecule has 0 saturated carbocycles. The van der Waals surface area contributed by atoms with Crippen LogP contribution in [-0.2, 0) is 11.3 Å². The minimum Gasteiger partial charge on any atom is -0.497 e. The fraction of sp³-hybridized carbons (Fsp3) is 0.241. The topological polar surface area (TPSA) is 83.5 Å². The minimum absolute atomic E-state index is 0.224. The summed E-state index contributed by atoms with van der Waals surface area (Å²) < 4.78 is 12.7. The van der Waals surface area contributed by atoms with Crippen LogP contribution in [0.2, 0.25) is 0 Å². The van der Waals surface area contributed by atoms with Crippen LogP contribution in [0.1, 0.15) is 16.9 Å². The third-order valence-electron chi connectivity index (χ3n) is 7.05. The summed E-state index contributed by atoms with van der Waals surface area (Å²) in [7, 11) is 1.66. The molecular weight excluding hydrogens is 546 g/mol. The third-order valence-corrected chi connectivity index (χ3v) is 8.42. The van der Waals surface area contributed by atoms with Crippen molar-refractivity contribution in [1.29, 1.82) is 0 Å². The molecule has 0 radical (unpaired) electrons. The molecule has 2 fully saturated rings. The monoisotopic (exact) mass is 573 g/mol. The van der Waals surface area contributed by atoms with Crippen LogP contribution in [-0.4, -0.2) is 57.8 Å². The van der Waals surface area contributed by atoms with E-state index in [2.05, 4.69) is 9.80 Å². The Balaban J connectivity index is 1.33. The first-order valence-electron chi connectivity index (χ1n) is 12.9. The van der Waals surface area contributed by atoms with Gasteiger partial charge in [-0.1, -0.05) is 30.0 Å². The molecule has 0 spiro atoms. The molecule has 2 saturated heterocycles. The van der Waals surface area contributed by atoms with E-state index in [0.717, 1.165) is 30.1 Å². The molecule has 2 aliphatic heterocycles. The minimum atomic E-state index is -0.254. The number of ether oxygens (including phenoxy) is 1. The van der Waals surface area contributed by atoms with Crippen molar-refractivity contribution < 1.29 is 13.9 Å². The number of rotatable bonds is 6. The van der Waals surface area contributed by atoms with Crippen LogP contribution in [0.25, 0.3) is 11.7 Å². The summed E-state index contributed by atoms with van der Waals surface area (Å²) >= 11 is 6.69. The number of anilines is 2. The fourth-order valence-electron chi connectivity index (χ4n) is 4.91. The summed E-state index contributed by atoms with van der Waals surface area (Å²) in [5.41, 5.74) is 2.76. The first kappa shape index (κ1) is 26.1. The fourth-order valence-corrected chi connectivity index (χ4v) is 6.15. The van der Waals surface area contributed by atoms with Gasteiger partial charge in [0.2, 0.25) is 0 Å². The number of pyridine rings is 1. The van der Waals surface area contributed by atoms with E-state index in [0.29, 0.717) is 45.1 Å². The van der Waals surface area contributed by atoms with Crippen molar-refractivity contribution in [2.75, 3.05) is 43.1 Å². The Morgan fingerprint density at radius 1 is 1.05 bits per heavy atom. The number of furan rings is 1. The van der Waals surface area contributed by atoms with Crippen LogP contribution >= 0.6 is 24.0 Å². The SMILES string of the molecule is COc1ccc(N2CCN(c3nc4ccc(C)cn4c(=O)c3C=C3SC(=S)N(Cc4ccco4)C3=O)CC2)cc1. The van der Waals surface area contributed by atoms with Gasteiger partial charge in [0.25, 0.3) is 11.5 Å². The van der Waals surface area contributed by atoms with Gasteiger partial charge in [0.05, 0.1) is 30.4 Å². The number of thioether (sulfide) groups is 1. The first-order chi connectivity index (χ1) is 19.4. The van der Waals surface area contributed by atoms with E-state index in [9.17, 15) is 9.59 Å². The maximum Gasteiger partial charge on any atom is 0.267 e. The Morgan fingerprint density at radius 3 is 2.50 bits per heavy atom. The number of aryl methyl sites for hydroxylation is 1. The number of carbonyl (C=O) groups excluding carboxylic acids is 1. The number of amides is 1. The average molecular weight is 574 g/mol. The van der Waals surface area contributed by atoms with E-state index in [1.807, 2.05) is 43.3 Å². The summed E-state index contributed by atoms with van der Waals surface area (Å²) in [5, 5.41) is 0. The predicted molar refractivity (Wildman–Crippen MR) is 161 cm³/mol. The summed E-state index contributed by atoms with van der Waals surface area (Å²) in [5.74, 6) is 1.77. The average Bonchev–Trinajstić information content (AvgIpc) is 3.59. The van der Waals surface area contributed by atoms with E-state index in [1.54, 1.807) is 42.2 Å². The second kappa shape index (κ2) is 10.8. The van der Waals surface area contributed by atoms with Gasteiger partial charge < -0.3 is 19.0 Å². The second-order valence-electron chi connectivity index (χ2n) is 9.61. The molecule has 1 amide bonds. The van der Waals surface area contributed by atoms with E-state index in [4.69, 9.17) is 26.4 Å². The normalized spacial score (nSPS) is 16.9. The maximum absolute atomic E-state index is 13.9. The highest BCUT2D eigenvalue weighted by molar-refractivity contribution is 8.26. The molecule has 1 aromatic carbocycles. The van der Waals surface area contributed by atoms with Gasteiger partial charge in [-0.15, -0.1) is 0 Å². The molecule has 2 aliphatic rings. The molecule has 9 nitrogen and oxygen atoms in total. The molecule has 204 valence electrons.